The summed E-state index contributed by atoms with van der Waals surface area (Å²) in [6.07, 6.45) is 6.15. The Morgan fingerprint density at radius 3 is 2.81 bits per heavy atom. The maximum atomic E-state index is 12.3. The lowest BCUT2D eigenvalue weighted by atomic mass is 10.0. The molecule has 1 heterocycles. The van der Waals surface area contributed by atoms with Gasteiger partial charge in [-0.05, 0) is 55.6 Å². The summed E-state index contributed by atoms with van der Waals surface area (Å²) in [5.74, 6) is 1.38. The van der Waals surface area contributed by atoms with Gasteiger partial charge in [-0.2, -0.15) is 0 Å². The van der Waals surface area contributed by atoms with Gasteiger partial charge < -0.3 is 10.6 Å². The molecule has 2 saturated carbocycles. The minimum atomic E-state index is -0.160. The molecule has 1 aromatic heterocycles. The normalized spacial score (nSPS) is 19.1. The van der Waals surface area contributed by atoms with E-state index >= 15 is 0 Å². The van der Waals surface area contributed by atoms with Gasteiger partial charge in [0.2, 0.25) is 0 Å². The van der Waals surface area contributed by atoms with E-state index in [1.807, 2.05) is 0 Å². The van der Waals surface area contributed by atoms with Crippen molar-refractivity contribution in [2.75, 3.05) is 18.4 Å². The molecule has 2 aliphatic rings. The summed E-state index contributed by atoms with van der Waals surface area (Å²) < 4.78 is 0. The molecular weight excluding hydrogens is 286 g/mol. The predicted octanol–water partition coefficient (Wildman–Crippen LogP) is 3.48. The highest BCUT2D eigenvalue weighted by molar-refractivity contribution is 6.33. The molecule has 2 aliphatic carbocycles. The number of carbonyl (C=O) groups is 1. The van der Waals surface area contributed by atoms with Crippen LogP contribution in [0.4, 0.5) is 5.82 Å². The molecule has 2 N–H and O–H groups in total. The standard InChI is InChI=1S/C16H22ClN3O/c1-2-9-18-13-6-5-12(17)14(20-13)15(21)19-10-16(7-8-16)11-3-4-11/h5-6,11H,2-4,7-10H2,1H3,(H,18,20)(H,19,21). The van der Waals surface area contributed by atoms with E-state index < -0.39 is 0 Å². The van der Waals surface area contributed by atoms with Gasteiger partial charge in [-0.15, -0.1) is 0 Å². The van der Waals surface area contributed by atoms with Crippen molar-refractivity contribution in [1.82, 2.24) is 10.3 Å². The van der Waals surface area contributed by atoms with Gasteiger partial charge in [0, 0.05) is 13.1 Å². The van der Waals surface area contributed by atoms with Crippen LogP contribution in [-0.4, -0.2) is 24.0 Å². The molecular formula is C16H22ClN3O. The minimum Gasteiger partial charge on any atom is -0.370 e. The molecule has 1 aromatic rings. The van der Waals surface area contributed by atoms with E-state index in [1.54, 1.807) is 12.1 Å². The highest BCUT2D eigenvalue weighted by atomic mass is 35.5. The second-order valence-electron chi connectivity index (χ2n) is 6.27. The van der Waals surface area contributed by atoms with Gasteiger partial charge >= 0.3 is 0 Å². The molecule has 0 aliphatic heterocycles. The molecule has 4 nitrogen and oxygen atoms in total. The smallest absolute Gasteiger partial charge is 0.271 e. The first-order valence-corrected chi connectivity index (χ1v) is 8.21. The highest BCUT2D eigenvalue weighted by Crippen LogP contribution is 2.60. The van der Waals surface area contributed by atoms with Crippen molar-refractivity contribution in [3.63, 3.8) is 0 Å². The third kappa shape index (κ3) is 3.31. The Kier molecular flexibility index (Phi) is 4.07. The molecule has 2 fully saturated rings. The quantitative estimate of drug-likeness (QED) is 0.811. The third-order valence-corrected chi connectivity index (χ3v) is 4.86. The van der Waals surface area contributed by atoms with Crippen molar-refractivity contribution in [3.8, 4) is 0 Å². The van der Waals surface area contributed by atoms with Crippen LogP contribution in [-0.2, 0) is 0 Å². The van der Waals surface area contributed by atoms with Gasteiger partial charge in [0.15, 0.2) is 0 Å². The summed E-state index contributed by atoms with van der Waals surface area (Å²) in [5.41, 5.74) is 0.713. The van der Waals surface area contributed by atoms with E-state index in [9.17, 15) is 4.79 Å². The maximum absolute atomic E-state index is 12.3. The Morgan fingerprint density at radius 2 is 2.19 bits per heavy atom. The molecule has 0 unspecified atom stereocenters. The fourth-order valence-electron chi connectivity index (χ4n) is 2.88. The summed E-state index contributed by atoms with van der Waals surface area (Å²) in [6.45, 7) is 3.69. The summed E-state index contributed by atoms with van der Waals surface area (Å²) in [7, 11) is 0. The van der Waals surface area contributed by atoms with Gasteiger partial charge in [-0.1, -0.05) is 18.5 Å². The Balaban J connectivity index is 1.63. The molecule has 0 aromatic carbocycles. The van der Waals surface area contributed by atoms with E-state index in [-0.39, 0.29) is 5.91 Å². The maximum Gasteiger partial charge on any atom is 0.271 e. The fourth-order valence-corrected chi connectivity index (χ4v) is 3.07. The number of aromatic nitrogens is 1. The average molecular weight is 308 g/mol. The zero-order valence-corrected chi connectivity index (χ0v) is 13.2. The van der Waals surface area contributed by atoms with Crippen LogP contribution in [0, 0.1) is 11.3 Å². The number of halogens is 1. The number of carbonyl (C=O) groups excluding carboxylic acids is 1. The summed E-state index contributed by atoms with van der Waals surface area (Å²) in [4.78, 5) is 16.7. The fraction of sp³-hybridized carbons (Fsp3) is 0.625. The van der Waals surface area contributed by atoms with Gasteiger partial charge in [0.05, 0.1) is 5.02 Å². The van der Waals surface area contributed by atoms with Crippen LogP contribution in [0.1, 0.15) is 49.5 Å². The molecule has 5 heteroatoms. The Hall–Kier alpha value is -1.29. The predicted molar refractivity (Wildman–Crippen MR) is 84.8 cm³/mol. The number of hydrogen-bond acceptors (Lipinski definition) is 3. The average Bonchev–Trinajstić information content (AvgIpc) is 3.36. The van der Waals surface area contributed by atoms with E-state index in [0.717, 1.165) is 25.4 Å². The number of rotatable bonds is 7. The van der Waals surface area contributed by atoms with Crippen LogP contribution in [0.3, 0.4) is 0 Å². The zero-order chi connectivity index (χ0) is 14.9. The molecule has 0 atom stereocenters. The van der Waals surface area contributed by atoms with Crippen LogP contribution in [0.15, 0.2) is 12.1 Å². The zero-order valence-electron chi connectivity index (χ0n) is 12.4. The molecule has 21 heavy (non-hydrogen) atoms. The second-order valence-corrected chi connectivity index (χ2v) is 6.68. The summed E-state index contributed by atoms with van der Waals surface area (Å²) >= 11 is 6.11. The number of nitrogens with one attached hydrogen (secondary N) is 2. The van der Waals surface area contributed by atoms with Gasteiger partial charge in [-0.25, -0.2) is 4.98 Å². The van der Waals surface area contributed by atoms with Crippen molar-refractivity contribution in [3.05, 3.63) is 22.8 Å². The van der Waals surface area contributed by atoms with Crippen molar-refractivity contribution in [2.24, 2.45) is 11.3 Å². The highest BCUT2D eigenvalue weighted by Gasteiger charge is 2.53. The first kappa shape index (κ1) is 14.6. The first-order chi connectivity index (χ1) is 10.1. The lowest BCUT2D eigenvalue weighted by Gasteiger charge is -2.15. The summed E-state index contributed by atoms with van der Waals surface area (Å²) in [5, 5.41) is 6.62. The van der Waals surface area contributed by atoms with Crippen molar-refractivity contribution < 1.29 is 4.79 Å². The monoisotopic (exact) mass is 307 g/mol. The Bertz CT molecular complexity index is 538. The Morgan fingerprint density at radius 1 is 1.43 bits per heavy atom. The van der Waals surface area contributed by atoms with E-state index in [0.29, 0.717) is 21.9 Å². The molecule has 0 spiro atoms. The number of hydrogen-bond donors (Lipinski definition) is 2. The molecule has 114 valence electrons. The van der Waals surface area contributed by atoms with Crippen LogP contribution >= 0.6 is 11.6 Å². The molecule has 1 amide bonds. The summed E-state index contributed by atoms with van der Waals surface area (Å²) in [6, 6.07) is 3.54. The number of pyridine rings is 1. The Labute approximate surface area is 130 Å². The molecule has 3 rings (SSSR count). The minimum absolute atomic E-state index is 0.160. The topological polar surface area (TPSA) is 54.0 Å². The van der Waals surface area contributed by atoms with Crippen molar-refractivity contribution in [2.45, 2.75) is 39.0 Å². The lowest BCUT2D eigenvalue weighted by Crippen LogP contribution is -2.32. The molecule has 0 radical (unpaired) electrons. The third-order valence-electron chi connectivity index (χ3n) is 4.55. The SMILES string of the molecule is CCCNc1ccc(Cl)c(C(=O)NCC2(C3CC3)CC2)n1. The van der Waals surface area contributed by atoms with Crippen molar-refractivity contribution >= 4 is 23.3 Å². The second kappa shape index (κ2) is 5.84. The van der Waals surface area contributed by atoms with E-state index in [2.05, 4.69) is 22.5 Å². The first-order valence-electron chi connectivity index (χ1n) is 7.83. The van der Waals surface area contributed by atoms with Crippen LogP contribution in [0.2, 0.25) is 5.02 Å². The van der Waals surface area contributed by atoms with E-state index in [1.165, 1.54) is 25.7 Å². The van der Waals surface area contributed by atoms with Crippen LogP contribution in [0.5, 0.6) is 0 Å². The number of nitrogens with zero attached hydrogens (tertiary/aromatic N) is 1. The van der Waals surface area contributed by atoms with Gasteiger partial charge in [0.1, 0.15) is 11.5 Å². The molecule has 0 bridgehead atoms. The number of anilines is 1. The van der Waals surface area contributed by atoms with Crippen molar-refractivity contribution in [1.29, 1.82) is 0 Å². The largest absolute Gasteiger partial charge is 0.370 e. The van der Waals surface area contributed by atoms with Crippen LogP contribution in [0.25, 0.3) is 0 Å². The number of amides is 1. The lowest BCUT2D eigenvalue weighted by molar-refractivity contribution is 0.0938. The van der Waals surface area contributed by atoms with Crippen LogP contribution < -0.4 is 10.6 Å². The van der Waals surface area contributed by atoms with Gasteiger partial charge in [-0.3, -0.25) is 4.79 Å². The van der Waals surface area contributed by atoms with Gasteiger partial charge in [0.25, 0.3) is 5.91 Å². The molecule has 0 saturated heterocycles. The van der Waals surface area contributed by atoms with E-state index in [4.69, 9.17) is 11.6 Å².